The van der Waals surface area contributed by atoms with Gasteiger partial charge in [0.2, 0.25) is 0 Å². The minimum Gasteiger partial charge on any atom is -0.455 e. The van der Waals surface area contributed by atoms with Crippen molar-refractivity contribution in [2.75, 3.05) is 0 Å². The second-order valence-electron chi connectivity index (χ2n) is 4.00. The lowest BCUT2D eigenvalue weighted by Gasteiger charge is -2.19. The number of H-pyrrole nitrogens is 2. The molecular weight excluding hydrogens is 216 g/mol. The summed E-state index contributed by atoms with van der Waals surface area (Å²) in [6.07, 6.45) is 0. The van der Waals surface area contributed by atoms with Crippen molar-refractivity contribution in [3.05, 3.63) is 26.9 Å². The van der Waals surface area contributed by atoms with Crippen molar-refractivity contribution in [2.45, 2.75) is 26.4 Å². The fourth-order valence-corrected chi connectivity index (χ4v) is 1.12. The fourth-order valence-electron chi connectivity index (χ4n) is 0.912. The van der Waals surface area contributed by atoms with Gasteiger partial charge in [-0.05, 0) is 20.8 Å². The molecule has 0 saturated heterocycles. The Bertz CT molecular complexity index is 453. The van der Waals surface area contributed by atoms with Crippen molar-refractivity contribution >= 4 is 18.2 Å². The predicted octanol–water partition coefficient (Wildman–Crippen LogP) is 1.39. The Balaban J connectivity index is 3.02. The molecule has 1 aromatic rings. The molecule has 0 radical (unpaired) electrons. The Morgan fingerprint density at radius 3 is 2.47 bits per heavy atom. The Morgan fingerprint density at radius 2 is 2.00 bits per heavy atom. The van der Waals surface area contributed by atoms with Gasteiger partial charge in [0.05, 0.1) is 0 Å². The number of esters is 1. The standard InChI is InChI=1S/C9H12N2O3S/c1-9(2,3)14-7(12)5-4-6(15)11-8(13)10-5/h4H,1-3H3,(H2,10,11,13,15). The molecule has 1 aromatic heterocycles. The first kappa shape index (κ1) is 11.6. The zero-order valence-electron chi connectivity index (χ0n) is 8.71. The van der Waals surface area contributed by atoms with E-state index in [0.29, 0.717) is 0 Å². The lowest BCUT2D eigenvalue weighted by molar-refractivity contribution is 0.00621. The first-order valence-corrected chi connectivity index (χ1v) is 4.76. The van der Waals surface area contributed by atoms with Crippen molar-refractivity contribution in [1.82, 2.24) is 9.97 Å². The molecular formula is C9H12N2O3S. The highest BCUT2D eigenvalue weighted by molar-refractivity contribution is 7.71. The van der Waals surface area contributed by atoms with Gasteiger partial charge in [0, 0.05) is 6.07 Å². The van der Waals surface area contributed by atoms with Gasteiger partial charge in [-0.25, -0.2) is 9.59 Å². The van der Waals surface area contributed by atoms with E-state index in [-0.39, 0.29) is 10.3 Å². The Hall–Kier alpha value is -1.43. The third-order valence-corrected chi connectivity index (χ3v) is 1.60. The van der Waals surface area contributed by atoms with Crippen molar-refractivity contribution in [3.63, 3.8) is 0 Å². The molecule has 0 aliphatic carbocycles. The predicted molar refractivity (Wildman–Crippen MR) is 57.4 cm³/mol. The molecule has 0 atom stereocenters. The molecule has 5 nitrogen and oxygen atoms in total. The maximum atomic E-state index is 11.5. The van der Waals surface area contributed by atoms with Gasteiger partial charge in [0.1, 0.15) is 15.9 Å². The van der Waals surface area contributed by atoms with Gasteiger partial charge in [-0.2, -0.15) is 0 Å². The van der Waals surface area contributed by atoms with Crippen molar-refractivity contribution < 1.29 is 9.53 Å². The van der Waals surface area contributed by atoms with Gasteiger partial charge >= 0.3 is 11.7 Å². The van der Waals surface area contributed by atoms with Crippen LogP contribution in [0.25, 0.3) is 0 Å². The summed E-state index contributed by atoms with van der Waals surface area (Å²) in [6, 6.07) is 1.35. The van der Waals surface area contributed by atoms with Gasteiger partial charge in [0.25, 0.3) is 0 Å². The van der Waals surface area contributed by atoms with E-state index in [4.69, 9.17) is 17.0 Å². The summed E-state index contributed by atoms with van der Waals surface area (Å²) < 4.78 is 5.26. The Labute approximate surface area is 91.5 Å². The van der Waals surface area contributed by atoms with Crippen LogP contribution in [0.3, 0.4) is 0 Å². The van der Waals surface area contributed by atoms with Gasteiger partial charge < -0.3 is 9.72 Å². The highest BCUT2D eigenvalue weighted by Crippen LogP contribution is 2.09. The average molecular weight is 228 g/mol. The summed E-state index contributed by atoms with van der Waals surface area (Å²) in [6.45, 7) is 5.23. The second kappa shape index (κ2) is 3.98. The van der Waals surface area contributed by atoms with Crippen LogP contribution in [0.4, 0.5) is 0 Å². The van der Waals surface area contributed by atoms with Crippen LogP contribution in [0.5, 0.6) is 0 Å². The van der Waals surface area contributed by atoms with Crippen LogP contribution in [-0.4, -0.2) is 21.5 Å². The summed E-state index contributed by atoms with van der Waals surface area (Å²) in [5.74, 6) is -0.597. The lowest BCUT2D eigenvalue weighted by Crippen LogP contribution is -2.26. The van der Waals surface area contributed by atoms with E-state index in [0.717, 1.165) is 0 Å². The summed E-state index contributed by atoms with van der Waals surface area (Å²) in [7, 11) is 0. The van der Waals surface area contributed by atoms with Crippen LogP contribution in [0.1, 0.15) is 31.3 Å². The minimum atomic E-state index is -0.602. The molecule has 0 aromatic carbocycles. The first-order chi connectivity index (χ1) is 6.78. The highest BCUT2D eigenvalue weighted by atomic mass is 32.1. The Morgan fingerprint density at radius 1 is 1.40 bits per heavy atom. The molecule has 2 N–H and O–H groups in total. The normalized spacial score (nSPS) is 11.1. The van der Waals surface area contributed by atoms with Gasteiger partial charge in [-0.1, -0.05) is 12.2 Å². The van der Waals surface area contributed by atoms with Crippen LogP contribution in [-0.2, 0) is 4.74 Å². The van der Waals surface area contributed by atoms with E-state index >= 15 is 0 Å². The monoisotopic (exact) mass is 228 g/mol. The van der Waals surface area contributed by atoms with Crippen LogP contribution < -0.4 is 5.69 Å². The van der Waals surface area contributed by atoms with Crippen molar-refractivity contribution in [1.29, 1.82) is 0 Å². The lowest BCUT2D eigenvalue weighted by atomic mass is 10.2. The molecule has 1 heterocycles. The number of hydrogen-bond donors (Lipinski definition) is 2. The molecule has 0 spiro atoms. The first-order valence-electron chi connectivity index (χ1n) is 4.35. The second-order valence-corrected chi connectivity index (χ2v) is 4.44. The van der Waals surface area contributed by atoms with Crippen molar-refractivity contribution in [2.24, 2.45) is 0 Å². The summed E-state index contributed by atoms with van der Waals surface area (Å²) in [4.78, 5) is 27.2. The van der Waals surface area contributed by atoms with E-state index in [2.05, 4.69) is 9.97 Å². The molecule has 0 amide bonds. The van der Waals surface area contributed by atoms with E-state index in [9.17, 15) is 9.59 Å². The van der Waals surface area contributed by atoms with E-state index in [1.807, 2.05) is 0 Å². The third kappa shape index (κ3) is 3.67. The molecule has 0 aliphatic rings. The molecule has 82 valence electrons. The zero-order chi connectivity index (χ0) is 11.6. The van der Waals surface area contributed by atoms with Crippen LogP contribution in [0.15, 0.2) is 10.9 Å². The van der Waals surface area contributed by atoms with Gasteiger partial charge in [-0.3, -0.25) is 4.98 Å². The molecule has 0 bridgehead atoms. The summed E-state index contributed by atoms with van der Waals surface area (Å²) in [5, 5.41) is 0. The summed E-state index contributed by atoms with van der Waals surface area (Å²) in [5.41, 5.74) is -1.07. The molecule has 0 unspecified atom stereocenters. The minimum absolute atomic E-state index is 0.0543. The quantitative estimate of drug-likeness (QED) is 0.562. The van der Waals surface area contributed by atoms with Crippen LogP contribution >= 0.6 is 12.2 Å². The molecule has 6 heteroatoms. The van der Waals surface area contributed by atoms with Gasteiger partial charge in [0.15, 0.2) is 0 Å². The number of carbonyl (C=O) groups excluding carboxylic acids is 1. The third-order valence-electron chi connectivity index (χ3n) is 1.38. The number of hydrogen-bond acceptors (Lipinski definition) is 4. The maximum absolute atomic E-state index is 11.5. The molecule has 1 rings (SSSR count). The summed E-state index contributed by atoms with van der Waals surface area (Å²) >= 11 is 4.76. The number of rotatable bonds is 1. The SMILES string of the molecule is CC(C)(C)OC(=O)c1cc(=S)[nH]c(=O)[nH]1. The average Bonchev–Trinajstić information content (AvgIpc) is 1.98. The van der Waals surface area contributed by atoms with E-state index < -0.39 is 17.3 Å². The molecule has 0 fully saturated rings. The topological polar surface area (TPSA) is 75.0 Å². The maximum Gasteiger partial charge on any atom is 0.355 e. The van der Waals surface area contributed by atoms with Crippen LogP contribution in [0, 0.1) is 4.64 Å². The number of aromatic amines is 2. The smallest absolute Gasteiger partial charge is 0.355 e. The van der Waals surface area contributed by atoms with Gasteiger partial charge in [-0.15, -0.1) is 0 Å². The van der Waals surface area contributed by atoms with Crippen LogP contribution in [0.2, 0.25) is 0 Å². The molecule has 15 heavy (non-hydrogen) atoms. The molecule has 0 saturated carbocycles. The highest BCUT2D eigenvalue weighted by Gasteiger charge is 2.18. The number of ether oxygens (including phenoxy) is 1. The van der Waals surface area contributed by atoms with E-state index in [1.54, 1.807) is 20.8 Å². The number of nitrogens with one attached hydrogen (secondary N) is 2. The van der Waals surface area contributed by atoms with E-state index in [1.165, 1.54) is 6.07 Å². The number of aromatic nitrogens is 2. The Kier molecular flexibility index (Phi) is 3.09. The fraction of sp³-hybridized carbons (Fsp3) is 0.444. The van der Waals surface area contributed by atoms with Crippen molar-refractivity contribution in [3.8, 4) is 0 Å². The molecule has 0 aliphatic heterocycles. The largest absolute Gasteiger partial charge is 0.455 e. The zero-order valence-corrected chi connectivity index (χ0v) is 9.53. The number of carbonyl (C=O) groups is 1.